The third kappa shape index (κ3) is 50.0. The number of carbonyl (C=O) groups excluding carboxylic acids is 3. The quantitative estimate of drug-likeness (QED) is 0.0262. The van der Waals surface area contributed by atoms with E-state index in [1.54, 1.807) is 0 Å². The van der Waals surface area contributed by atoms with Crippen LogP contribution in [0.4, 0.5) is 0 Å². The molecule has 364 valence electrons. The molecule has 63 heavy (non-hydrogen) atoms. The third-order valence-electron chi connectivity index (χ3n) is 11.5. The molecule has 6 nitrogen and oxygen atoms in total. The monoisotopic (exact) mass is 881 g/mol. The maximum atomic E-state index is 12.8. The first-order valence-corrected chi connectivity index (χ1v) is 26.8. The number of unbranched alkanes of at least 4 members (excludes halogenated alkanes) is 27. The van der Waals surface area contributed by atoms with Crippen molar-refractivity contribution in [3.05, 3.63) is 60.8 Å². The van der Waals surface area contributed by atoms with E-state index in [1.807, 2.05) is 0 Å². The van der Waals surface area contributed by atoms with Crippen LogP contribution in [0.5, 0.6) is 0 Å². The Morgan fingerprint density at radius 2 is 0.619 bits per heavy atom. The first-order valence-electron chi connectivity index (χ1n) is 26.8. The third-order valence-corrected chi connectivity index (χ3v) is 11.5. The van der Waals surface area contributed by atoms with Crippen LogP contribution in [0.1, 0.15) is 265 Å². The lowest BCUT2D eigenvalue weighted by molar-refractivity contribution is -0.167. The SMILES string of the molecule is CC/C=C\C/C=C\C/C=C\CCCCCCCC(=O)OC[C@@H](COC(=O)CCCCCCCCCCCCCCCCC)OC(=O)CCCCCCC/C=C\C/C=C\CCCCC. The van der Waals surface area contributed by atoms with E-state index in [9.17, 15) is 14.4 Å². The summed E-state index contributed by atoms with van der Waals surface area (Å²) in [5, 5.41) is 0. The van der Waals surface area contributed by atoms with Crippen molar-refractivity contribution < 1.29 is 28.6 Å². The molecule has 0 heterocycles. The van der Waals surface area contributed by atoms with E-state index in [-0.39, 0.29) is 31.1 Å². The molecular weight excluding hydrogens is 781 g/mol. The van der Waals surface area contributed by atoms with Gasteiger partial charge in [0.2, 0.25) is 0 Å². The second-order valence-electron chi connectivity index (χ2n) is 17.8. The highest BCUT2D eigenvalue weighted by atomic mass is 16.6. The molecule has 0 aromatic rings. The highest BCUT2D eigenvalue weighted by Crippen LogP contribution is 2.15. The molecule has 0 fully saturated rings. The maximum Gasteiger partial charge on any atom is 0.306 e. The molecule has 0 unspecified atom stereocenters. The summed E-state index contributed by atoms with van der Waals surface area (Å²) in [6.45, 7) is 6.49. The summed E-state index contributed by atoms with van der Waals surface area (Å²) < 4.78 is 16.8. The summed E-state index contributed by atoms with van der Waals surface area (Å²) >= 11 is 0. The summed E-state index contributed by atoms with van der Waals surface area (Å²) in [6.07, 6.45) is 63.4. The molecule has 0 radical (unpaired) electrons. The van der Waals surface area contributed by atoms with Crippen LogP contribution in [0.25, 0.3) is 0 Å². The first kappa shape index (κ1) is 60.1. The Morgan fingerprint density at radius 1 is 0.333 bits per heavy atom. The van der Waals surface area contributed by atoms with Crippen LogP contribution in [-0.4, -0.2) is 37.2 Å². The van der Waals surface area contributed by atoms with Gasteiger partial charge in [-0.3, -0.25) is 14.4 Å². The summed E-state index contributed by atoms with van der Waals surface area (Å²) in [5.74, 6) is -0.907. The molecule has 0 aromatic carbocycles. The minimum Gasteiger partial charge on any atom is -0.462 e. The molecule has 0 aromatic heterocycles. The minimum atomic E-state index is -0.786. The molecule has 0 amide bonds. The van der Waals surface area contributed by atoms with Crippen LogP contribution in [0.3, 0.4) is 0 Å². The number of rotatable bonds is 48. The second kappa shape index (κ2) is 51.7. The molecule has 0 aliphatic carbocycles. The number of hydrogen-bond donors (Lipinski definition) is 0. The molecule has 0 aliphatic heterocycles. The van der Waals surface area contributed by atoms with E-state index in [2.05, 4.69) is 81.5 Å². The summed E-state index contributed by atoms with van der Waals surface area (Å²) in [6, 6.07) is 0. The molecule has 0 aliphatic rings. The molecule has 0 rings (SSSR count). The standard InChI is InChI=1S/C57H100O6/c1-4-7-10-13-16-19-22-25-28-31-34-37-40-43-46-49-55(58)61-52-54(63-57(60)51-48-45-42-39-36-33-30-27-24-21-18-15-12-9-6-3)53-62-56(59)50-47-44-41-38-35-32-29-26-23-20-17-14-11-8-5-2/h7,10,16,18-19,21,25,27-28,30,54H,4-6,8-9,11-15,17,20,22-24,26,29,31-53H2,1-3H3/b10-7-,19-16-,21-18-,28-25-,30-27-/t54-/m0/s1. The topological polar surface area (TPSA) is 78.9 Å². The molecule has 0 N–H and O–H groups in total. The van der Waals surface area contributed by atoms with Crippen molar-refractivity contribution in [3.63, 3.8) is 0 Å². The van der Waals surface area contributed by atoms with Gasteiger partial charge in [-0.2, -0.15) is 0 Å². The van der Waals surface area contributed by atoms with Gasteiger partial charge in [-0.15, -0.1) is 0 Å². The zero-order valence-electron chi connectivity index (χ0n) is 41.6. The van der Waals surface area contributed by atoms with Crippen LogP contribution >= 0.6 is 0 Å². The maximum absolute atomic E-state index is 12.8. The van der Waals surface area contributed by atoms with E-state index in [0.717, 1.165) is 122 Å². The number of allylic oxidation sites excluding steroid dienone is 10. The van der Waals surface area contributed by atoms with Gasteiger partial charge < -0.3 is 14.2 Å². The first-order chi connectivity index (χ1) is 31.0. The van der Waals surface area contributed by atoms with E-state index in [4.69, 9.17) is 14.2 Å². The van der Waals surface area contributed by atoms with Gasteiger partial charge in [0, 0.05) is 19.3 Å². The molecular formula is C57H100O6. The fourth-order valence-electron chi connectivity index (χ4n) is 7.49. The van der Waals surface area contributed by atoms with E-state index in [0.29, 0.717) is 19.3 Å². The molecule has 0 saturated heterocycles. The predicted molar refractivity (Wildman–Crippen MR) is 270 cm³/mol. The highest BCUT2D eigenvalue weighted by molar-refractivity contribution is 5.71. The van der Waals surface area contributed by atoms with Crippen molar-refractivity contribution in [2.75, 3.05) is 13.2 Å². The summed E-state index contributed by atoms with van der Waals surface area (Å²) in [4.78, 5) is 38.0. The van der Waals surface area contributed by atoms with Crippen LogP contribution < -0.4 is 0 Å². The second-order valence-corrected chi connectivity index (χ2v) is 17.8. The Hall–Kier alpha value is -2.89. The van der Waals surface area contributed by atoms with E-state index in [1.165, 1.54) is 103 Å². The Labute approximate surface area is 390 Å². The van der Waals surface area contributed by atoms with Gasteiger partial charge >= 0.3 is 17.9 Å². The van der Waals surface area contributed by atoms with Crippen molar-refractivity contribution in [3.8, 4) is 0 Å². The molecule has 0 saturated carbocycles. The van der Waals surface area contributed by atoms with Gasteiger partial charge in [0.25, 0.3) is 0 Å². The van der Waals surface area contributed by atoms with Crippen LogP contribution in [0.15, 0.2) is 60.8 Å². The molecule has 1 atom stereocenters. The van der Waals surface area contributed by atoms with Crippen LogP contribution in [0.2, 0.25) is 0 Å². The average Bonchev–Trinajstić information content (AvgIpc) is 3.28. The Bertz CT molecular complexity index is 1150. The van der Waals surface area contributed by atoms with Crippen molar-refractivity contribution in [1.82, 2.24) is 0 Å². The van der Waals surface area contributed by atoms with Crippen LogP contribution in [-0.2, 0) is 28.6 Å². The van der Waals surface area contributed by atoms with Gasteiger partial charge in [-0.1, -0.05) is 223 Å². The lowest BCUT2D eigenvalue weighted by Gasteiger charge is -2.18. The average molecular weight is 881 g/mol. The molecule has 0 bridgehead atoms. The largest absolute Gasteiger partial charge is 0.462 e. The van der Waals surface area contributed by atoms with Crippen molar-refractivity contribution in [2.24, 2.45) is 0 Å². The minimum absolute atomic E-state index is 0.0835. The lowest BCUT2D eigenvalue weighted by Crippen LogP contribution is -2.30. The van der Waals surface area contributed by atoms with Crippen LogP contribution in [0, 0.1) is 0 Å². The van der Waals surface area contributed by atoms with Gasteiger partial charge in [-0.25, -0.2) is 0 Å². The number of ether oxygens (including phenoxy) is 3. The van der Waals surface area contributed by atoms with Crippen molar-refractivity contribution >= 4 is 17.9 Å². The molecule has 6 heteroatoms. The van der Waals surface area contributed by atoms with Gasteiger partial charge in [0.05, 0.1) is 0 Å². The Kier molecular flexibility index (Phi) is 49.4. The Balaban J connectivity index is 4.41. The normalized spacial score (nSPS) is 12.5. The smallest absolute Gasteiger partial charge is 0.306 e. The molecule has 0 spiro atoms. The number of hydrogen-bond acceptors (Lipinski definition) is 6. The summed E-state index contributed by atoms with van der Waals surface area (Å²) in [5.41, 5.74) is 0. The number of esters is 3. The zero-order chi connectivity index (χ0) is 45.8. The fourth-order valence-corrected chi connectivity index (χ4v) is 7.49. The number of carbonyl (C=O) groups is 3. The lowest BCUT2D eigenvalue weighted by atomic mass is 10.0. The highest BCUT2D eigenvalue weighted by Gasteiger charge is 2.19. The van der Waals surface area contributed by atoms with Gasteiger partial charge in [0.15, 0.2) is 6.10 Å². The Morgan fingerprint density at radius 3 is 1.00 bits per heavy atom. The van der Waals surface area contributed by atoms with Crippen molar-refractivity contribution in [1.29, 1.82) is 0 Å². The van der Waals surface area contributed by atoms with Crippen molar-refractivity contribution in [2.45, 2.75) is 271 Å². The van der Waals surface area contributed by atoms with E-state index < -0.39 is 6.10 Å². The van der Waals surface area contributed by atoms with E-state index >= 15 is 0 Å². The zero-order valence-corrected chi connectivity index (χ0v) is 41.6. The van der Waals surface area contributed by atoms with Gasteiger partial charge in [0.1, 0.15) is 13.2 Å². The fraction of sp³-hybridized carbons (Fsp3) is 0.772. The van der Waals surface area contributed by atoms with Gasteiger partial charge in [-0.05, 0) is 83.5 Å². The predicted octanol–water partition coefficient (Wildman–Crippen LogP) is 17.6. The summed E-state index contributed by atoms with van der Waals surface area (Å²) in [7, 11) is 0.